The molecule has 1 aliphatic carbocycles. The number of nitrogens with one attached hydrogen (secondary N) is 1. The number of carbonyl (C=O) groups is 1. The van der Waals surface area contributed by atoms with Gasteiger partial charge in [0.2, 0.25) is 5.91 Å². The highest BCUT2D eigenvalue weighted by atomic mass is 79.9. The van der Waals surface area contributed by atoms with E-state index in [0.717, 1.165) is 62.8 Å². The molecule has 0 atom stereocenters. The first-order chi connectivity index (χ1) is 10.2. The zero-order valence-corrected chi connectivity index (χ0v) is 14.0. The molecule has 2 fully saturated rings. The maximum atomic E-state index is 13.3. The molecule has 3 nitrogen and oxygen atoms in total. The highest BCUT2D eigenvalue weighted by Gasteiger charge is 2.44. The molecule has 21 heavy (non-hydrogen) atoms. The molecule has 1 aliphatic heterocycles. The van der Waals surface area contributed by atoms with Gasteiger partial charge in [0, 0.05) is 24.1 Å². The quantitative estimate of drug-likeness (QED) is 0.888. The van der Waals surface area contributed by atoms with Gasteiger partial charge < -0.3 is 10.2 Å². The summed E-state index contributed by atoms with van der Waals surface area (Å²) in [6.45, 7) is 3.67. The Kier molecular flexibility index (Phi) is 4.65. The van der Waals surface area contributed by atoms with Crippen LogP contribution >= 0.6 is 15.9 Å². The number of benzene rings is 1. The third-order valence-corrected chi connectivity index (χ3v) is 5.36. The molecular weight excluding hydrogens is 328 g/mol. The maximum Gasteiger partial charge on any atom is 0.233 e. The number of hydrogen-bond donors (Lipinski definition) is 1. The first kappa shape index (κ1) is 15.0. The van der Waals surface area contributed by atoms with Gasteiger partial charge in [0.25, 0.3) is 0 Å². The first-order valence-electron chi connectivity index (χ1n) is 7.98. The van der Waals surface area contributed by atoms with Gasteiger partial charge in [-0.1, -0.05) is 40.9 Å². The average molecular weight is 351 g/mol. The zero-order valence-electron chi connectivity index (χ0n) is 12.4. The van der Waals surface area contributed by atoms with Crippen molar-refractivity contribution in [3.63, 3.8) is 0 Å². The monoisotopic (exact) mass is 350 g/mol. The molecule has 0 spiro atoms. The van der Waals surface area contributed by atoms with Crippen molar-refractivity contribution in [3.8, 4) is 0 Å². The minimum absolute atomic E-state index is 0.284. The van der Waals surface area contributed by atoms with E-state index in [4.69, 9.17) is 0 Å². The molecule has 114 valence electrons. The van der Waals surface area contributed by atoms with Crippen LogP contribution in [0, 0.1) is 0 Å². The van der Waals surface area contributed by atoms with Crippen molar-refractivity contribution in [2.24, 2.45) is 0 Å². The molecule has 1 aromatic carbocycles. The molecule has 2 aliphatic rings. The van der Waals surface area contributed by atoms with E-state index in [1.807, 2.05) is 6.07 Å². The fourth-order valence-electron chi connectivity index (χ4n) is 3.74. The summed E-state index contributed by atoms with van der Waals surface area (Å²) in [4.78, 5) is 15.4. The summed E-state index contributed by atoms with van der Waals surface area (Å²) in [7, 11) is 0. The van der Waals surface area contributed by atoms with Crippen LogP contribution in [-0.4, -0.2) is 37.0 Å². The summed E-state index contributed by atoms with van der Waals surface area (Å²) in [5, 5.41) is 3.38. The Hall–Kier alpha value is -0.870. The number of carbonyl (C=O) groups excluding carboxylic acids is 1. The van der Waals surface area contributed by atoms with Crippen LogP contribution in [0.4, 0.5) is 0 Å². The van der Waals surface area contributed by atoms with Crippen LogP contribution in [0.2, 0.25) is 0 Å². The van der Waals surface area contributed by atoms with Gasteiger partial charge in [-0.3, -0.25) is 4.79 Å². The summed E-state index contributed by atoms with van der Waals surface area (Å²) in [6.07, 6.45) is 5.35. The molecule has 0 aromatic heterocycles. The van der Waals surface area contributed by atoms with Crippen LogP contribution in [-0.2, 0) is 10.2 Å². The molecule has 1 N–H and O–H groups in total. The van der Waals surface area contributed by atoms with Gasteiger partial charge in [-0.25, -0.2) is 0 Å². The summed E-state index contributed by atoms with van der Waals surface area (Å²) in [5.41, 5.74) is 0.908. The zero-order chi connectivity index (χ0) is 14.7. The van der Waals surface area contributed by atoms with Crippen LogP contribution in [0.25, 0.3) is 0 Å². The van der Waals surface area contributed by atoms with Gasteiger partial charge in [0.1, 0.15) is 0 Å². The third-order valence-electron chi connectivity index (χ3n) is 4.87. The highest BCUT2D eigenvalue weighted by molar-refractivity contribution is 9.10. The average Bonchev–Trinajstić information content (AvgIpc) is 2.84. The molecule has 1 amide bonds. The number of halogens is 1. The van der Waals surface area contributed by atoms with Crippen LogP contribution in [0.5, 0.6) is 0 Å². The van der Waals surface area contributed by atoms with Crippen molar-refractivity contribution in [1.82, 2.24) is 10.2 Å². The lowest BCUT2D eigenvalue weighted by Crippen LogP contribution is -2.46. The fraction of sp³-hybridized carbons (Fsp3) is 0.588. The van der Waals surface area contributed by atoms with Crippen molar-refractivity contribution in [1.29, 1.82) is 0 Å². The van der Waals surface area contributed by atoms with Crippen molar-refractivity contribution >= 4 is 21.8 Å². The number of amides is 1. The Morgan fingerprint density at radius 1 is 1.14 bits per heavy atom. The Morgan fingerprint density at radius 3 is 2.71 bits per heavy atom. The standard InChI is InChI=1S/C17H23BrN2O/c18-15-6-3-5-14(13-15)17(7-1-2-8-17)16(21)20-11-4-9-19-10-12-20/h3,5-6,13,19H,1-2,4,7-12H2. The second-order valence-corrected chi connectivity index (χ2v) is 7.11. The minimum atomic E-state index is -0.284. The molecule has 0 unspecified atom stereocenters. The summed E-state index contributed by atoms with van der Waals surface area (Å²) < 4.78 is 1.07. The van der Waals surface area contributed by atoms with Gasteiger partial charge in [-0.05, 0) is 43.5 Å². The first-order valence-corrected chi connectivity index (χ1v) is 8.78. The van der Waals surface area contributed by atoms with E-state index in [1.165, 1.54) is 5.56 Å². The van der Waals surface area contributed by atoms with Gasteiger partial charge in [0.05, 0.1) is 5.41 Å². The second-order valence-electron chi connectivity index (χ2n) is 6.20. The molecule has 0 radical (unpaired) electrons. The molecule has 4 heteroatoms. The maximum absolute atomic E-state index is 13.3. The predicted molar refractivity (Wildman–Crippen MR) is 88.4 cm³/mol. The van der Waals surface area contributed by atoms with E-state index in [2.05, 4.69) is 44.3 Å². The van der Waals surface area contributed by atoms with Gasteiger partial charge in [-0.15, -0.1) is 0 Å². The van der Waals surface area contributed by atoms with Gasteiger partial charge in [0.15, 0.2) is 0 Å². The molecule has 3 rings (SSSR count). The van der Waals surface area contributed by atoms with Crippen LogP contribution in [0.1, 0.15) is 37.7 Å². The molecular formula is C17H23BrN2O. The van der Waals surface area contributed by atoms with E-state index in [9.17, 15) is 4.79 Å². The number of nitrogens with zero attached hydrogens (tertiary/aromatic N) is 1. The summed E-state index contributed by atoms with van der Waals surface area (Å²) in [6, 6.07) is 8.35. The molecule has 1 saturated heterocycles. The van der Waals surface area contributed by atoms with Crippen molar-refractivity contribution < 1.29 is 4.79 Å². The van der Waals surface area contributed by atoms with E-state index in [-0.39, 0.29) is 5.41 Å². The van der Waals surface area contributed by atoms with Crippen molar-refractivity contribution in [2.45, 2.75) is 37.5 Å². The largest absolute Gasteiger partial charge is 0.341 e. The molecule has 1 aromatic rings. The van der Waals surface area contributed by atoms with E-state index in [1.54, 1.807) is 0 Å². The SMILES string of the molecule is O=C(N1CCCNCC1)C1(c2cccc(Br)c2)CCCC1. The summed E-state index contributed by atoms with van der Waals surface area (Å²) in [5.74, 6) is 0.349. The smallest absolute Gasteiger partial charge is 0.233 e. The number of hydrogen-bond acceptors (Lipinski definition) is 2. The molecule has 1 heterocycles. The van der Waals surface area contributed by atoms with Crippen molar-refractivity contribution in [2.75, 3.05) is 26.2 Å². The van der Waals surface area contributed by atoms with Gasteiger partial charge >= 0.3 is 0 Å². The molecule has 1 saturated carbocycles. The fourth-order valence-corrected chi connectivity index (χ4v) is 4.14. The van der Waals surface area contributed by atoms with E-state index < -0.39 is 0 Å². The molecule has 0 bridgehead atoms. The lowest BCUT2D eigenvalue weighted by Gasteiger charge is -2.34. The lowest BCUT2D eigenvalue weighted by atomic mass is 9.77. The Bertz CT molecular complexity index is 503. The van der Waals surface area contributed by atoms with Crippen LogP contribution < -0.4 is 5.32 Å². The van der Waals surface area contributed by atoms with E-state index in [0.29, 0.717) is 5.91 Å². The summed E-state index contributed by atoms with van der Waals surface area (Å²) >= 11 is 3.56. The Labute approximate surface area is 135 Å². The minimum Gasteiger partial charge on any atom is -0.341 e. The van der Waals surface area contributed by atoms with Crippen molar-refractivity contribution in [3.05, 3.63) is 34.3 Å². The topological polar surface area (TPSA) is 32.3 Å². The third kappa shape index (κ3) is 3.02. The van der Waals surface area contributed by atoms with Gasteiger partial charge in [-0.2, -0.15) is 0 Å². The van der Waals surface area contributed by atoms with Crippen LogP contribution in [0.15, 0.2) is 28.7 Å². The normalized spacial score (nSPS) is 22.0. The lowest BCUT2D eigenvalue weighted by molar-refractivity contribution is -0.137. The predicted octanol–water partition coefficient (Wildman–Crippen LogP) is 3.08. The highest BCUT2D eigenvalue weighted by Crippen LogP contribution is 2.43. The van der Waals surface area contributed by atoms with E-state index >= 15 is 0 Å². The number of rotatable bonds is 2. The Balaban J connectivity index is 1.91. The second kappa shape index (κ2) is 6.49. The Morgan fingerprint density at radius 2 is 1.95 bits per heavy atom. The van der Waals surface area contributed by atoms with Crippen LogP contribution in [0.3, 0.4) is 0 Å².